The van der Waals surface area contributed by atoms with Crippen LogP contribution in [0.2, 0.25) is 0 Å². The molecule has 7 nitrogen and oxygen atoms in total. The van der Waals surface area contributed by atoms with Crippen molar-refractivity contribution >= 4 is 43.5 Å². The fourth-order valence-corrected chi connectivity index (χ4v) is 2.38. The number of carbonyl (C=O) groups excluding carboxylic acids is 1. The Labute approximate surface area is 131 Å². The van der Waals surface area contributed by atoms with E-state index in [4.69, 9.17) is 5.11 Å². The molecule has 0 aromatic heterocycles. The second kappa shape index (κ2) is 6.90. The molecule has 2 amide bonds. The van der Waals surface area contributed by atoms with E-state index in [1.165, 1.54) is 24.1 Å². The van der Waals surface area contributed by atoms with Gasteiger partial charge in [0.25, 0.3) is 0 Å². The number of nitrogens with one attached hydrogen (secondary N) is 1. The van der Waals surface area contributed by atoms with Crippen molar-refractivity contribution in [1.29, 1.82) is 0 Å². The molecule has 21 heavy (non-hydrogen) atoms. The number of urea groups is 1. The third-order valence-corrected chi connectivity index (χ3v) is 4.02. The average Bonchev–Trinajstić information content (AvgIpc) is 2.36. The standard InChI is InChI=1S/C12H15BrN2O5S/c1-15(5-6-21(2,19)20)12(18)14-10-4-3-8(13)7-9(10)11(16)17/h3-4,7H,5-6H2,1-2H3,(H,14,18)(H,16,17). The van der Waals surface area contributed by atoms with E-state index in [1.807, 2.05) is 0 Å². The van der Waals surface area contributed by atoms with E-state index >= 15 is 0 Å². The normalized spacial score (nSPS) is 11.0. The lowest BCUT2D eigenvalue weighted by atomic mass is 10.2. The molecule has 0 aliphatic carbocycles. The van der Waals surface area contributed by atoms with Gasteiger partial charge in [-0.15, -0.1) is 0 Å². The minimum absolute atomic E-state index is 0.0175. The highest BCUT2D eigenvalue weighted by Gasteiger charge is 2.16. The van der Waals surface area contributed by atoms with Crippen LogP contribution in [0.15, 0.2) is 22.7 Å². The summed E-state index contributed by atoms with van der Waals surface area (Å²) in [5.74, 6) is -1.34. The number of benzene rings is 1. The number of hydrogen-bond donors (Lipinski definition) is 2. The van der Waals surface area contributed by atoms with E-state index in [1.54, 1.807) is 6.07 Å². The van der Waals surface area contributed by atoms with Crippen LogP contribution in [0.25, 0.3) is 0 Å². The van der Waals surface area contributed by atoms with Crippen molar-refractivity contribution in [2.75, 3.05) is 30.9 Å². The zero-order valence-electron chi connectivity index (χ0n) is 11.5. The van der Waals surface area contributed by atoms with Crippen LogP contribution >= 0.6 is 15.9 Å². The van der Waals surface area contributed by atoms with Gasteiger partial charge in [0.05, 0.1) is 17.0 Å². The number of halogens is 1. The predicted octanol–water partition coefficient (Wildman–Crippen LogP) is 1.66. The molecular formula is C12H15BrN2O5S. The Morgan fingerprint density at radius 3 is 2.52 bits per heavy atom. The van der Waals surface area contributed by atoms with Gasteiger partial charge in [0.15, 0.2) is 0 Å². The topological polar surface area (TPSA) is 104 Å². The number of aromatic carboxylic acids is 1. The second-order valence-electron chi connectivity index (χ2n) is 4.48. The highest BCUT2D eigenvalue weighted by atomic mass is 79.9. The molecule has 0 bridgehead atoms. The molecule has 116 valence electrons. The third kappa shape index (κ3) is 5.72. The van der Waals surface area contributed by atoms with Crippen molar-refractivity contribution in [1.82, 2.24) is 4.90 Å². The van der Waals surface area contributed by atoms with E-state index in [0.29, 0.717) is 4.47 Å². The number of amides is 2. The minimum atomic E-state index is -3.17. The summed E-state index contributed by atoms with van der Waals surface area (Å²) in [6.45, 7) is 0.0175. The Kier molecular flexibility index (Phi) is 5.73. The maximum atomic E-state index is 11.9. The molecule has 9 heteroatoms. The number of rotatable bonds is 5. The lowest BCUT2D eigenvalue weighted by Gasteiger charge is -2.18. The van der Waals surface area contributed by atoms with Crippen molar-refractivity contribution in [2.45, 2.75) is 0 Å². The third-order valence-electron chi connectivity index (χ3n) is 2.60. The number of carbonyl (C=O) groups is 2. The van der Waals surface area contributed by atoms with E-state index in [9.17, 15) is 18.0 Å². The molecule has 0 saturated carbocycles. The number of carboxylic acid groups (broad SMARTS) is 1. The first-order valence-corrected chi connectivity index (χ1v) is 8.68. The molecular weight excluding hydrogens is 364 g/mol. The Bertz CT molecular complexity index is 660. The smallest absolute Gasteiger partial charge is 0.337 e. The van der Waals surface area contributed by atoms with Gasteiger partial charge < -0.3 is 15.3 Å². The molecule has 0 atom stereocenters. The van der Waals surface area contributed by atoms with Gasteiger partial charge in [-0.25, -0.2) is 18.0 Å². The Morgan fingerprint density at radius 1 is 1.38 bits per heavy atom. The molecule has 1 rings (SSSR count). The fraction of sp³-hybridized carbons (Fsp3) is 0.333. The van der Waals surface area contributed by atoms with Gasteiger partial charge in [-0.05, 0) is 18.2 Å². The van der Waals surface area contributed by atoms with E-state index < -0.39 is 21.8 Å². The lowest BCUT2D eigenvalue weighted by molar-refractivity contribution is 0.0698. The maximum absolute atomic E-state index is 11.9. The second-order valence-corrected chi connectivity index (χ2v) is 7.65. The van der Waals surface area contributed by atoms with Crippen LogP contribution in [0.5, 0.6) is 0 Å². The van der Waals surface area contributed by atoms with E-state index in [0.717, 1.165) is 6.26 Å². The van der Waals surface area contributed by atoms with Gasteiger partial charge in [0.1, 0.15) is 9.84 Å². The summed E-state index contributed by atoms with van der Waals surface area (Å²) in [5.41, 5.74) is 0.0798. The summed E-state index contributed by atoms with van der Waals surface area (Å²) in [6.07, 6.45) is 1.08. The molecule has 2 N–H and O–H groups in total. The first-order valence-electron chi connectivity index (χ1n) is 5.83. The summed E-state index contributed by atoms with van der Waals surface area (Å²) in [7, 11) is -1.74. The zero-order valence-corrected chi connectivity index (χ0v) is 13.9. The Hall–Kier alpha value is -1.61. The molecule has 0 aliphatic heterocycles. The van der Waals surface area contributed by atoms with Crippen LogP contribution in [-0.2, 0) is 9.84 Å². The highest BCUT2D eigenvalue weighted by molar-refractivity contribution is 9.10. The van der Waals surface area contributed by atoms with Gasteiger partial charge in [-0.1, -0.05) is 15.9 Å². The van der Waals surface area contributed by atoms with Crippen LogP contribution < -0.4 is 5.32 Å². The van der Waals surface area contributed by atoms with Crippen LogP contribution in [0.1, 0.15) is 10.4 Å². The average molecular weight is 379 g/mol. The SMILES string of the molecule is CN(CCS(C)(=O)=O)C(=O)Nc1ccc(Br)cc1C(=O)O. The van der Waals surface area contributed by atoms with Gasteiger partial charge in [-0.3, -0.25) is 0 Å². The molecule has 0 fully saturated rings. The molecule has 0 radical (unpaired) electrons. The highest BCUT2D eigenvalue weighted by Crippen LogP contribution is 2.21. The van der Waals surface area contributed by atoms with E-state index in [-0.39, 0.29) is 23.5 Å². The molecule has 1 aromatic rings. The van der Waals surface area contributed by atoms with Crippen LogP contribution in [0.4, 0.5) is 10.5 Å². The van der Waals surface area contributed by atoms with Crippen LogP contribution in [0, 0.1) is 0 Å². The molecule has 0 unspecified atom stereocenters. The number of anilines is 1. The van der Waals surface area contributed by atoms with Crippen LogP contribution in [-0.4, -0.2) is 56.0 Å². The van der Waals surface area contributed by atoms with Gasteiger partial charge in [-0.2, -0.15) is 0 Å². The van der Waals surface area contributed by atoms with Gasteiger partial charge in [0.2, 0.25) is 0 Å². The van der Waals surface area contributed by atoms with E-state index in [2.05, 4.69) is 21.2 Å². The van der Waals surface area contributed by atoms with Crippen molar-refractivity contribution < 1.29 is 23.1 Å². The fourth-order valence-electron chi connectivity index (χ4n) is 1.42. The summed E-state index contributed by atoms with van der Waals surface area (Å²) >= 11 is 3.15. The number of sulfone groups is 1. The molecule has 0 saturated heterocycles. The van der Waals surface area contributed by atoms with Crippen LogP contribution in [0.3, 0.4) is 0 Å². The molecule has 1 aromatic carbocycles. The zero-order chi connectivity index (χ0) is 16.2. The van der Waals surface area contributed by atoms with Crippen molar-refractivity contribution in [3.05, 3.63) is 28.2 Å². The van der Waals surface area contributed by atoms with Crippen molar-refractivity contribution in [2.24, 2.45) is 0 Å². The summed E-state index contributed by atoms with van der Waals surface area (Å²) in [4.78, 5) is 24.2. The summed E-state index contributed by atoms with van der Waals surface area (Å²) in [6, 6.07) is 3.84. The van der Waals surface area contributed by atoms with Crippen molar-refractivity contribution in [3.63, 3.8) is 0 Å². The first-order chi connectivity index (χ1) is 9.60. The van der Waals surface area contributed by atoms with Gasteiger partial charge >= 0.3 is 12.0 Å². The van der Waals surface area contributed by atoms with Gasteiger partial charge in [0, 0.05) is 24.3 Å². The maximum Gasteiger partial charge on any atom is 0.337 e. The monoisotopic (exact) mass is 378 g/mol. The lowest BCUT2D eigenvalue weighted by Crippen LogP contribution is -2.35. The number of hydrogen-bond acceptors (Lipinski definition) is 4. The number of nitrogens with zero attached hydrogens (tertiary/aromatic N) is 1. The quantitative estimate of drug-likeness (QED) is 0.810. The van der Waals surface area contributed by atoms with Crippen molar-refractivity contribution in [3.8, 4) is 0 Å². The summed E-state index contributed by atoms with van der Waals surface area (Å²) < 4.78 is 22.7. The minimum Gasteiger partial charge on any atom is -0.478 e. The Morgan fingerprint density at radius 2 is 2.00 bits per heavy atom. The molecule has 0 aliphatic rings. The predicted molar refractivity (Wildman–Crippen MR) is 82.5 cm³/mol. The Balaban J connectivity index is 2.81. The molecule has 0 spiro atoms. The molecule has 0 heterocycles. The summed E-state index contributed by atoms with van der Waals surface area (Å²) in [5, 5.41) is 11.5. The number of carboxylic acids is 1. The first kappa shape index (κ1) is 17.4. The largest absolute Gasteiger partial charge is 0.478 e.